The van der Waals surface area contributed by atoms with Crippen LogP contribution in [0, 0.1) is 5.82 Å². The number of nitrogen functional groups attached to an aromatic ring is 1. The van der Waals surface area contributed by atoms with Crippen molar-refractivity contribution in [3.05, 3.63) is 46.3 Å². The topological polar surface area (TPSA) is 77.2 Å². The van der Waals surface area contributed by atoms with Crippen molar-refractivity contribution in [2.24, 2.45) is 0 Å². The number of benzene rings is 1. The quantitative estimate of drug-likeness (QED) is 0.822. The molecule has 21 heavy (non-hydrogen) atoms. The minimum atomic E-state index is -0.548. The molecule has 0 spiro atoms. The van der Waals surface area contributed by atoms with E-state index in [0.717, 1.165) is 0 Å². The van der Waals surface area contributed by atoms with Gasteiger partial charge in [0.1, 0.15) is 5.82 Å². The largest absolute Gasteiger partial charge is 0.462 e. The van der Waals surface area contributed by atoms with Gasteiger partial charge < -0.3 is 15.8 Å². The first-order valence-electron chi connectivity index (χ1n) is 6.17. The molecule has 2 aromatic rings. The predicted octanol–water partition coefficient (Wildman–Crippen LogP) is 3.49. The molecule has 1 heterocycles. The molecule has 7 heteroatoms. The van der Waals surface area contributed by atoms with E-state index in [1.54, 1.807) is 19.1 Å². The summed E-state index contributed by atoms with van der Waals surface area (Å²) < 4.78 is 19.2. The Morgan fingerprint density at radius 3 is 2.90 bits per heavy atom. The molecular weight excluding hydrogens is 341 g/mol. The van der Waals surface area contributed by atoms with Gasteiger partial charge in [0.2, 0.25) is 0 Å². The van der Waals surface area contributed by atoms with Gasteiger partial charge in [0.15, 0.2) is 5.82 Å². The number of aromatic nitrogens is 1. The summed E-state index contributed by atoms with van der Waals surface area (Å²) in [6, 6.07) is 6.00. The standard InChI is InChI=1S/C14H13BrFN3O2/c1-2-21-14(20)8-6-7-18-13(11(8)17)19-12-9(15)4-3-5-10(12)16/h3-7H,2,17H2,1H3,(H,18,19). The number of nitrogens with zero attached hydrogens (tertiary/aromatic N) is 1. The number of carbonyl (C=O) groups excluding carboxylic acids is 1. The van der Waals surface area contributed by atoms with Crippen LogP contribution in [-0.2, 0) is 4.74 Å². The predicted molar refractivity (Wildman–Crippen MR) is 82.0 cm³/mol. The maximum atomic E-state index is 13.8. The molecular formula is C14H13BrFN3O2. The first-order chi connectivity index (χ1) is 10.0. The summed E-state index contributed by atoms with van der Waals surface area (Å²) in [6.45, 7) is 1.94. The molecule has 0 saturated heterocycles. The Bertz CT molecular complexity index is 659. The van der Waals surface area contributed by atoms with Gasteiger partial charge >= 0.3 is 5.97 Å². The molecule has 0 aliphatic rings. The zero-order valence-electron chi connectivity index (χ0n) is 11.2. The Kier molecular flexibility index (Phi) is 4.74. The van der Waals surface area contributed by atoms with Crippen LogP contribution in [0.25, 0.3) is 0 Å². The van der Waals surface area contributed by atoms with Crippen molar-refractivity contribution >= 4 is 39.1 Å². The van der Waals surface area contributed by atoms with Crippen LogP contribution in [-0.4, -0.2) is 17.6 Å². The van der Waals surface area contributed by atoms with Crippen molar-refractivity contribution < 1.29 is 13.9 Å². The number of pyridine rings is 1. The molecule has 0 atom stereocenters. The van der Waals surface area contributed by atoms with Crippen LogP contribution in [0.3, 0.4) is 0 Å². The smallest absolute Gasteiger partial charge is 0.340 e. The van der Waals surface area contributed by atoms with Crippen molar-refractivity contribution in [3.8, 4) is 0 Å². The molecule has 1 aromatic carbocycles. The second kappa shape index (κ2) is 6.53. The third-order valence-electron chi connectivity index (χ3n) is 2.69. The van der Waals surface area contributed by atoms with E-state index in [2.05, 4.69) is 26.2 Å². The minimum absolute atomic E-state index is 0.103. The van der Waals surface area contributed by atoms with E-state index in [1.807, 2.05) is 0 Å². The number of ether oxygens (including phenoxy) is 1. The third kappa shape index (κ3) is 3.30. The van der Waals surface area contributed by atoms with E-state index < -0.39 is 11.8 Å². The number of esters is 1. The molecule has 5 nitrogen and oxygen atoms in total. The lowest BCUT2D eigenvalue weighted by atomic mass is 10.2. The average molecular weight is 354 g/mol. The summed E-state index contributed by atoms with van der Waals surface area (Å²) in [5.41, 5.74) is 6.38. The number of carbonyl (C=O) groups is 1. The van der Waals surface area contributed by atoms with Gasteiger partial charge in [0.05, 0.1) is 23.5 Å². The van der Waals surface area contributed by atoms with Gasteiger partial charge in [-0.1, -0.05) is 6.07 Å². The maximum absolute atomic E-state index is 13.8. The summed E-state index contributed by atoms with van der Waals surface area (Å²) in [5, 5.41) is 2.78. The Hall–Kier alpha value is -2.15. The first-order valence-corrected chi connectivity index (χ1v) is 6.96. The van der Waals surface area contributed by atoms with Gasteiger partial charge in [-0.05, 0) is 41.1 Å². The SMILES string of the molecule is CCOC(=O)c1ccnc(Nc2c(F)cccc2Br)c1N. The van der Waals surface area contributed by atoms with Crippen LogP contribution in [0.15, 0.2) is 34.9 Å². The molecule has 0 bridgehead atoms. The summed E-state index contributed by atoms with van der Waals surface area (Å²) >= 11 is 3.24. The monoisotopic (exact) mass is 353 g/mol. The third-order valence-corrected chi connectivity index (χ3v) is 3.35. The van der Waals surface area contributed by atoms with Gasteiger partial charge in [-0.2, -0.15) is 0 Å². The van der Waals surface area contributed by atoms with Crippen molar-refractivity contribution in [2.75, 3.05) is 17.7 Å². The highest BCUT2D eigenvalue weighted by Gasteiger charge is 2.16. The Balaban J connectivity index is 2.37. The first kappa shape index (κ1) is 15.2. The molecule has 0 unspecified atom stereocenters. The fourth-order valence-corrected chi connectivity index (χ4v) is 2.14. The normalized spacial score (nSPS) is 10.2. The van der Waals surface area contributed by atoms with Crippen molar-refractivity contribution in [1.82, 2.24) is 4.98 Å². The molecule has 0 fully saturated rings. The van der Waals surface area contributed by atoms with Gasteiger partial charge in [0, 0.05) is 10.7 Å². The van der Waals surface area contributed by atoms with Crippen LogP contribution in [0.4, 0.5) is 21.6 Å². The number of anilines is 3. The average Bonchev–Trinajstić information content (AvgIpc) is 2.45. The van der Waals surface area contributed by atoms with Crippen molar-refractivity contribution in [1.29, 1.82) is 0 Å². The zero-order chi connectivity index (χ0) is 15.4. The van der Waals surface area contributed by atoms with Crippen molar-refractivity contribution in [3.63, 3.8) is 0 Å². The van der Waals surface area contributed by atoms with Gasteiger partial charge in [-0.15, -0.1) is 0 Å². The molecule has 1 aromatic heterocycles. The number of rotatable bonds is 4. The van der Waals surface area contributed by atoms with Crippen LogP contribution < -0.4 is 11.1 Å². The fourth-order valence-electron chi connectivity index (χ4n) is 1.70. The number of nitrogens with one attached hydrogen (secondary N) is 1. The molecule has 0 aliphatic heterocycles. The molecule has 0 saturated carbocycles. The van der Waals surface area contributed by atoms with E-state index in [1.165, 1.54) is 18.3 Å². The van der Waals surface area contributed by atoms with Crippen molar-refractivity contribution in [2.45, 2.75) is 6.92 Å². The number of halogens is 2. The maximum Gasteiger partial charge on any atom is 0.340 e. The van der Waals surface area contributed by atoms with Crippen LogP contribution in [0.2, 0.25) is 0 Å². The lowest BCUT2D eigenvalue weighted by molar-refractivity contribution is 0.0527. The molecule has 2 rings (SSSR count). The highest BCUT2D eigenvalue weighted by molar-refractivity contribution is 9.10. The highest BCUT2D eigenvalue weighted by atomic mass is 79.9. The number of hydrogen-bond donors (Lipinski definition) is 2. The summed E-state index contributed by atoms with van der Waals surface area (Å²) in [7, 11) is 0. The lowest BCUT2D eigenvalue weighted by Crippen LogP contribution is -2.11. The van der Waals surface area contributed by atoms with E-state index in [9.17, 15) is 9.18 Å². The molecule has 0 amide bonds. The Morgan fingerprint density at radius 1 is 1.48 bits per heavy atom. The minimum Gasteiger partial charge on any atom is -0.462 e. The van der Waals surface area contributed by atoms with Gasteiger partial charge in [0.25, 0.3) is 0 Å². The second-order valence-corrected chi connectivity index (χ2v) is 4.92. The Labute approximate surface area is 129 Å². The van der Waals surface area contributed by atoms with E-state index in [4.69, 9.17) is 10.5 Å². The molecule has 0 aliphatic carbocycles. The zero-order valence-corrected chi connectivity index (χ0v) is 12.8. The summed E-state index contributed by atoms with van der Waals surface area (Å²) in [6.07, 6.45) is 1.40. The number of hydrogen-bond acceptors (Lipinski definition) is 5. The highest BCUT2D eigenvalue weighted by Crippen LogP contribution is 2.31. The molecule has 110 valence electrons. The summed E-state index contributed by atoms with van der Waals surface area (Å²) in [4.78, 5) is 15.8. The Morgan fingerprint density at radius 2 is 2.24 bits per heavy atom. The summed E-state index contributed by atoms with van der Waals surface area (Å²) in [5.74, 6) is -0.827. The van der Waals surface area contributed by atoms with E-state index in [0.29, 0.717) is 4.47 Å². The van der Waals surface area contributed by atoms with Gasteiger partial charge in [-0.3, -0.25) is 0 Å². The van der Waals surface area contributed by atoms with Crippen LogP contribution >= 0.6 is 15.9 Å². The number of para-hydroxylation sites is 1. The number of nitrogens with two attached hydrogens (primary N) is 1. The molecule has 0 radical (unpaired) electrons. The molecule has 3 N–H and O–H groups in total. The van der Waals surface area contributed by atoms with E-state index in [-0.39, 0.29) is 29.4 Å². The second-order valence-electron chi connectivity index (χ2n) is 4.06. The van der Waals surface area contributed by atoms with Gasteiger partial charge in [-0.25, -0.2) is 14.2 Å². The van der Waals surface area contributed by atoms with Crippen LogP contribution in [0.1, 0.15) is 17.3 Å². The van der Waals surface area contributed by atoms with E-state index >= 15 is 0 Å². The van der Waals surface area contributed by atoms with Crippen LogP contribution in [0.5, 0.6) is 0 Å². The lowest BCUT2D eigenvalue weighted by Gasteiger charge is -2.13. The fraction of sp³-hybridized carbons (Fsp3) is 0.143.